The van der Waals surface area contributed by atoms with E-state index < -0.39 is 5.97 Å². The Morgan fingerprint density at radius 2 is 2.29 bits per heavy atom. The zero-order chi connectivity index (χ0) is 9.97. The van der Waals surface area contributed by atoms with Crippen LogP contribution in [0.3, 0.4) is 0 Å². The number of aliphatic carboxylic acids is 1. The summed E-state index contributed by atoms with van der Waals surface area (Å²) in [7, 11) is 0. The molecule has 0 fully saturated rings. The molecule has 1 aromatic carbocycles. The molecule has 1 N–H and O–H groups in total. The van der Waals surface area contributed by atoms with Crippen LogP contribution in [0.25, 0.3) is 0 Å². The van der Waals surface area contributed by atoms with E-state index in [0.717, 1.165) is 12.2 Å². The van der Waals surface area contributed by atoms with Crippen LogP contribution in [-0.4, -0.2) is 16.8 Å². The predicted octanol–water partition coefficient (Wildman–Crippen LogP) is 2.74. The first-order valence-electron chi connectivity index (χ1n) is 4.71. The molecule has 3 heteroatoms. The normalized spacial score (nSPS) is 19.3. The highest BCUT2D eigenvalue weighted by Gasteiger charge is 2.22. The van der Waals surface area contributed by atoms with Crippen molar-refractivity contribution in [2.75, 3.05) is 5.75 Å². The second kappa shape index (κ2) is 4.05. The van der Waals surface area contributed by atoms with E-state index in [1.54, 1.807) is 0 Å². The van der Waals surface area contributed by atoms with E-state index in [0.29, 0.717) is 5.92 Å². The van der Waals surface area contributed by atoms with Gasteiger partial charge in [-0.3, -0.25) is 4.79 Å². The average molecular weight is 208 g/mol. The lowest BCUT2D eigenvalue weighted by Gasteiger charge is -2.07. The van der Waals surface area contributed by atoms with Gasteiger partial charge in [0.2, 0.25) is 0 Å². The lowest BCUT2D eigenvalue weighted by Crippen LogP contribution is -2.02. The van der Waals surface area contributed by atoms with Gasteiger partial charge >= 0.3 is 5.97 Å². The van der Waals surface area contributed by atoms with Gasteiger partial charge in [-0.05, 0) is 24.0 Å². The lowest BCUT2D eigenvalue weighted by atomic mass is 9.96. The number of hydrogen-bond acceptors (Lipinski definition) is 2. The van der Waals surface area contributed by atoms with E-state index in [1.807, 2.05) is 23.9 Å². The Morgan fingerprint density at radius 1 is 1.50 bits per heavy atom. The second-order valence-corrected chi connectivity index (χ2v) is 4.54. The fraction of sp³-hybridized carbons (Fsp3) is 0.364. The molecule has 0 aromatic heterocycles. The van der Waals surface area contributed by atoms with Crippen LogP contribution in [0.2, 0.25) is 0 Å². The van der Waals surface area contributed by atoms with Crippen LogP contribution in [-0.2, 0) is 4.79 Å². The van der Waals surface area contributed by atoms with E-state index in [9.17, 15) is 4.79 Å². The predicted molar refractivity (Wildman–Crippen MR) is 56.8 cm³/mol. The summed E-state index contributed by atoms with van der Waals surface area (Å²) in [6, 6.07) is 8.28. The van der Waals surface area contributed by atoms with Crippen LogP contribution in [0.15, 0.2) is 29.2 Å². The van der Waals surface area contributed by atoms with Gasteiger partial charge in [0.05, 0.1) is 0 Å². The van der Waals surface area contributed by atoms with Gasteiger partial charge in [0.15, 0.2) is 0 Å². The van der Waals surface area contributed by atoms with Gasteiger partial charge in [0, 0.05) is 17.1 Å². The molecule has 0 bridgehead atoms. The molecule has 1 atom stereocenters. The zero-order valence-electron chi connectivity index (χ0n) is 7.77. The maximum Gasteiger partial charge on any atom is 0.303 e. The Morgan fingerprint density at radius 3 is 3.07 bits per heavy atom. The van der Waals surface area contributed by atoms with Gasteiger partial charge in [0.1, 0.15) is 0 Å². The van der Waals surface area contributed by atoms with Crippen molar-refractivity contribution in [1.29, 1.82) is 0 Å². The highest BCUT2D eigenvalue weighted by atomic mass is 32.2. The number of hydrogen-bond donors (Lipinski definition) is 1. The van der Waals surface area contributed by atoms with Crippen molar-refractivity contribution in [1.82, 2.24) is 0 Å². The zero-order valence-corrected chi connectivity index (χ0v) is 8.59. The summed E-state index contributed by atoms with van der Waals surface area (Å²) in [6.07, 6.45) is 1.04. The number of rotatable bonds is 3. The summed E-state index contributed by atoms with van der Waals surface area (Å²) in [5, 5.41) is 8.61. The van der Waals surface area contributed by atoms with E-state index >= 15 is 0 Å². The number of carboxylic acids is 1. The van der Waals surface area contributed by atoms with E-state index in [2.05, 4.69) is 12.1 Å². The Kier molecular flexibility index (Phi) is 2.77. The minimum absolute atomic E-state index is 0.277. The summed E-state index contributed by atoms with van der Waals surface area (Å²) in [5.41, 5.74) is 1.33. The topological polar surface area (TPSA) is 37.3 Å². The number of thioether (sulfide) groups is 1. The van der Waals surface area contributed by atoms with Crippen LogP contribution in [0, 0.1) is 0 Å². The summed E-state index contributed by atoms with van der Waals surface area (Å²) >= 11 is 1.83. The minimum atomic E-state index is -0.695. The molecule has 1 aliphatic heterocycles. The first-order chi connectivity index (χ1) is 6.77. The molecule has 74 valence electrons. The molecule has 1 heterocycles. The maximum absolute atomic E-state index is 10.5. The van der Waals surface area contributed by atoms with E-state index in [-0.39, 0.29) is 6.42 Å². The molecule has 2 nitrogen and oxygen atoms in total. The first kappa shape index (κ1) is 9.59. The van der Waals surface area contributed by atoms with Gasteiger partial charge in [-0.2, -0.15) is 0 Å². The SMILES string of the molecule is O=C(O)CCC1CSc2ccccc21. The van der Waals surface area contributed by atoms with Crippen molar-refractivity contribution >= 4 is 17.7 Å². The Bertz CT molecular complexity index is 349. The Labute approximate surface area is 87.3 Å². The maximum atomic E-state index is 10.5. The third-order valence-electron chi connectivity index (χ3n) is 2.51. The molecule has 0 amide bonds. The van der Waals surface area contributed by atoms with Crippen LogP contribution in [0.5, 0.6) is 0 Å². The van der Waals surface area contributed by atoms with Gasteiger partial charge in [-0.25, -0.2) is 0 Å². The highest BCUT2D eigenvalue weighted by molar-refractivity contribution is 7.99. The van der Waals surface area contributed by atoms with Crippen LogP contribution >= 0.6 is 11.8 Å². The number of carboxylic acid groups (broad SMARTS) is 1. The number of benzene rings is 1. The second-order valence-electron chi connectivity index (χ2n) is 3.48. The third kappa shape index (κ3) is 1.93. The summed E-state index contributed by atoms with van der Waals surface area (Å²) in [6.45, 7) is 0. The first-order valence-corrected chi connectivity index (χ1v) is 5.69. The minimum Gasteiger partial charge on any atom is -0.481 e. The van der Waals surface area contributed by atoms with Crippen LogP contribution in [0.1, 0.15) is 24.3 Å². The van der Waals surface area contributed by atoms with Crippen molar-refractivity contribution in [3.05, 3.63) is 29.8 Å². The Hall–Kier alpha value is -0.960. The third-order valence-corrected chi connectivity index (χ3v) is 3.76. The number of fused-ring (bicyclic) bond motifs is 1. The molecular formula is C11H12O2S. The molecule has 0 saturated carbocycles. The molecule has 0 radical (unpaired) electrons. The molecular weight excluding hydrogens is 196 g/mol. The quantitative estimate of drug-likeness (QED) is 0.829. The van der Waals surface area contributed by atoms with Crippen LogP contribution < -0.4 is 0 Å². The molecule has 1 unspecified atom stereocenters. The van der Waals surface area contributed by atoms with Gasteiger partial charge in [-0.15, -0.1) is 11.8 Å². The lowest BCUT2D eigenvalue weighted by molar-refractivity contribution is -0.137. The molecule has 0 spiro atoms. The largest absolute Gasteiger partial charge is 0.481 e. The molecule has 2 rings (SSSR count). The summed E-state index contributed by atoms with van der Waals surface area (Å²) < 4.78 is 0. The van der Waals surface area contributed by atoms with Crippen molar-refractivity contribution in [2.45, 2.75) is 23.7 Å². The van der Waals surface area contributed by atoms with Crippen molar-refractivity contribution in [2.24, 2.45) is 0 Å². The van der Waals surface area contributed by atoms with Crippen molar-refractivity contribution in [3.63, 3.8) is 0 Å². The highest BCUT2D eigenvalue weighted by Crippen LogP contribution is 2.41. The fourth-order valence-corrected chi connectivity index (χ4v) is 3.07. The van der Waals surface area contributed by atoms with E-state index in [4.69, 9.17) is 5.11 Å². The van der Waals surface area contributed by atoms with Gasteiger partial charge < -0.3 is 5.11 Å². The monoisotopic (exact) mass is 208 g/mol. The van der Waals surface area contributed by atoms with Gasteiger partial charge in [-0.1, -0.05) is 18.2 Å². The van der Waals surface area contributed by atoms with E-state index in [1.165, 1.54) is 10.5 Å². The standard InChI is InChI=1S/C11H12O2S/c12-11(13)6-5-8-7-14-10-4-2-1-3-9(8)10/h1-4,8H,5-7H2,(H,12,13). The van der Waals surface area contributed by atoms with Gasteiger partial charge in [0.25, 0.3) is 0 Å². The average Bonchev–Trinajstić information content (AvgIpc) is 2.58. The summed E-state index contributed by atoms with van der Waals surface area (Å²) in [4.78, 5) is 11.8. The fourth-order valence-electron chi connectivity index (χ4n) is 1.77. The Balaban J connectivity index is 2.07. The van der Waals surface area contributed by atoms with Crippen LogP contribution in [0.4, 0.5) is 0 Å². The molecule has 14 heavy (non-hydrogen) atoms. The number of carbonyl (C=O) groups is 1. The molecule has 1 aromatic rings. The van der Waals surface area contributed by atoms with Crippen molar-refractivity contribution in [3.8, 4) is 0 Å². The molecule has 1 aliphatic rings. The summed E-state index contributed by atoms with van der Waals surface area (Å²) in [5.74, 6) is 0.777. The van der Waals surface area contributed by atoms with Crippen molar-refractivity contribution < 1.29 is 9.90 Å². The smallest absolute Gasteiger partial charge is 0.303 e. The molecule has 0 aliphatic carbocycles. The molecule has 0 saturated heterocycles.